The van der Waals surface area contributed by atoms with Crippen LogP contribution in [0.25, 0.3) is 11.1 Å². The average Bonchev–Trinajstić information content (AvgIpc) is 2.88. The van der Waals surface area contributed by atoms with Crippen molar-refractivity contribution in [2.75, 3.05) is 45.7 Å². The topological polar surface area (TPSA) is 132 Å². The van der Waals surface area contributed by atoms with E-state index in [0.717, 1.165) is 55.3 Å². The molecule has 1 unspecified atom stereocenters. The molecule has 1 aliphatic heterocycles. The summed E-state index contributed by atoms with van der Waals surface area (Å²) in [7, 11) is -3.67. The van der Waals surface area contributed by atoms with Crippen LogP contribution in [0.15, 0.2) is 72.9 Å². The Morgan fingerprint density at radius 1 is 1.05 bits per heavy atom. The molecule has 198 valence electrons. The molecule has 0 aliphatic carbocycles. The van der Waals surface area contributed by atoms with Crippen molar-refractivity contribution in [1.29, 1.82) is 0 Å². The summed E-state index contributed by atoms with van der Waals surface area (Å²) >= 11 is 0. The number of benzene rings is 2. The van der Waals surface area contributed by atoms with Gasteiger partial charge in [-0.1, -0.05) is 48.5 Å². The molecule has 3 N–H and O–H groups in total. The number of carbonyl (C=O) groups is 1. The summed E-state index contributed by atoms with van der Waals surface area (Å²) in [6, 6.07) is 21.7. The molecule has 0 bridgehead atoms. The molecule has 1 saturated heterocycles. The van der Waals surface area contributed by atoms with Gasteiger partial charge >= 0.3 is 0 Å². The standard InChI is InChI=1S/C26H29N3O3.CH4O3S/c27-26(30)24(18-20-4-2-1-3-5-20)25-11-8-22(19-28-25)21-6-9-23(10-7-21)32-17-14-29-12-15-31-16-13-29;1-5(2,3)4/h1-11,19,24H,12-18H2,(H2,27,30);1H3,(H,2,3,4). The van der Waals surface area contributed by atoms with Crippen LogP contribution in [0, 0.1) is 0 Å². The van der Waals surface area contributed by atoms with Gasteiger partial charge in [0.05, 0.1) is 31.1 Å². The molecular formula is C27H33N3O6S. The van der Waals surface area contributed by atoms with Gasteiger partial charge in [-0.2, -0.15) is 8.42 Å². The van der Waals surface area contributed by atoms with Gasteiger partial charge in [-0.3, -0.25) is 19.2 Å². The average molecular weight is 528 g/mol. The first-order chi connectivity index (χ1) is 17.7. The van der Waals surface area contributed by atoms with Crippen molar-refractivity contribution >= 4 is 16.0 Å². The summed E-state index contributed by atoms with van der Waals surface area (Å²) in [6.45, 7) is 5.09. The Bertz CT molecular complexity index is 1210. The van der Waals surface area contributed by atoms with E-state index in [9.17, 15) is 13.2 Å². The molecule has 9 nitrogen and oxygen atoms in total. The number of nitrogens with two attached hydrogens (primary N) is 1. The summed E-state index contributed by atoms with van der Waals surface area (Å²) in [5.74, 6) is 0.0321. The smallest absolute Gasteiger partial charge is 0.261 e. The number of primary amides is 1. The highest BCUT2D eigenvalue weighted by Gasteiger charge is 2.20. The number of morpholine rings is 1. The van der Waals surface area contributed by atoms with Crippen LogP contribution in [0.5, 0.6) is 5.75 Å². The lowest BCUT2D eigenvalue weighted by atomic mass is 9.94. The first-order valence-electron chi connectivity index (χ1n) is 11.9. The van der Waals surface area contributed by atoms with Crippen molar-refractivity contribution in [2.24, 2.45) is 5.73 Å². The fourth-order valence-corrected chi connectivity index (χ4v) is 3.84. The molecule has 1 fully saturated rings. The van der Waals surface area contributed by atoms with Gasteiger partial charge < -0.3 is 15.2 Å². The number of amides is 1. The third kappa shape index (κ3) is 10.3. The SMILES string of the molecule is CS(=O)(=O)O.NC(=O)C(Cc1ccccc1)c1ccc(-c2ccc(OCCN3CCOCC3)cc2)cn1. The van der Waals surface area contributed by atoms with Gasteiger partial charge in [0.2, 0.25) is 5.91 Å². The van der Waals surface area contributed by atoms with E-state index in [1.165, 1.54) is 0 Å². The fourth-order valence-electron chi connectivity index (χ4n) is 3.84. The third-order valence-corrected chi connectivity index (χ3v) is 5.74. The molecule has 10 heteroatoms. The molecule has 1 aliphatic rings. The molecule has 0 spiro atoms. The molecular weight excluding hydrogens is 494 g/mol. The highest BCUT2D eigenvalue weighted by molar-refractivity contribution is 7.85. The zero-order chi connectivity index (χ0) is 26.7. The number of pyridine rings is 1. The molecule has 2 heterocycles. The van der Waals surface area contributed by atoms with E-state index in [0.29, 0.717) is 25.0 Å². The van der Waals surface area contributed by atoms with Gasteiger partial charge in [-0.05, 0) is 35.7 Å². The quantitative estimate of drug-likeness (QED) is 0.406. The zero-order valence-electron chi connectivity index (χ0n) is 20.8. The Morgan fingerprint density at radius 3 is 2.24 bits per heavy atom. The Balaban J connectivity index is 0.000000695. The Morgan fingerprint density at radius 2 is 1.68 bits per heavy atom. The van der Waals surface area contributed by atoms with E-state index in [2.05, 4.69) is 9.88 Å². The van der Waals surface area contributed by atoms with E-state index >= 15 is 0 Å². The zero-order valence-corrected chi connectivity index (χ0v) is 21.6. The predicted molar refractivity (Wildman–Crippen MR) is 142 cm³/mol. The monoisotopic (exact) mass is 527 g/mol. The molecule has 1 amide bonds. The minimum Gasteiger partial charge on any atom is -0.492 e. The molecule has 37 heavy (non-hydrogen) atoms. The van der Waals surface area contributed by atoms with E-state index in [1.54, 1.807) is 6.20 Å². The Kier molecular flexibility index (Phi) is 10.6. The first-order valence-corrected chi connectivity index (χ1v) is 13.8. The summed E-state index contributed by atoms with van der Waals surface area (Å²) in [5.41, 5.74) is 9.45. The summed E-state index contributed by atoms with van der Waals surface area (Å²) < 4.78 is 37.1. The van der Waals surface area contributed by atoms with Crippen molar-refractivity contribution in [3.63, 3.8) is 0 Å². The highest BCUT2D eigenvalue weighted by atomic mass is 32.2. The van der Waals surface area contributed by atoms with Crippen molar-refractivity contribution < 1.29 is 27.2 Å². The number of rotatable bonds is 9. The predicted octanol–water partition coefficient (Wildman–Crippen LogP) is 2.78. The number of carbonyl (C=O) groups excluding carboxylic acids is 1. The van der Waals surface area contributed by atoms with Crippen molar-refractivity contribution in [3.8, 4) is 16.9 Å². The molecule has 2 aromatic carbocycles. The van der Waals surface area contributed by atoms with E-state index < -0.39 is 16.0 Å². The molecule has 1 atom stereocenters. The maximum absolute atomic E-state index is 12.0. The van der Waals surface area contributed by atoms with Gasteiger partial charge in [0.1, 0.15) is 12.4 Å². The lowest BCUT2D eigenvalue weighted by molar-refractivity contribution is -0.119. The second-order valence-corrected chi connectivity index (χ2v) is 10.1. The summed E-state index contributed by atoms with van der Waals surface area (Å²) in [6.07, 6.45) is 3.05. The van der Waals surface area contributed by atoms with Crippen LogP contribution in [0.3, 0.4) is 0 Å². The third-order valence-electron chi connectivity index (χ3n) is 5.74. The molecule has 0 saturated carbocycles. The maximum Gasteiger partial charge on any atom is 0.261 e. The Labute approximate surface area is 218 Å². The highest BCUT2D eigenvalue weighted by Crippen LogP contribution is 2.25. The van der Waals surface area contributed by atoms with Crippen LogP contribution >= 0.6 is 0 Å². The molecule has 3 aromatic rings. The minimum atomic E-state index is -3.67. The van der Waals surface area contributed by atoms with Crippen LogP contribution in [0.1, 0.15) is 17.2 Å². The first kappa shape index (κ1) is 28.3. The normalized spacial score (nSPS) is 14.8. The number of hydrogen-bond acceptors (Lipinski definition) is 7. The van der Waals surface area contributed by atoms with Gasteiger partial charge in [0.25, 0.3) is 10.1 Å². The maximum atomic E-state index is 12.0. The molecule has 1 aromatic heterocycles. The number of nitrogens with zero attached hydrogens (tertiary/aromatic N) is 2. The minimum absolute atomic E-state index is 0.368. The van der Waals surface area contributed by atoms with Gasteiger partial charge in [-0.25, -0.2) is 0 Å². The van der Waals surface area contributed by atoms with E-state index in [1.807, 2.05) is 66.7 Å². The van der Waals surface area contributed by atoms with Gasteiger partial charge in [0.15, 0.2) is 0 Å². The van der Waals surface area contributed by atoms with Crippen LogP contribution in [0.4, 0.5) is 0 Å². The van der Waals surface area contributed by atoms with Crippen molar-refractivity contribution in [2.45, 2.75) is 12.3 Å². The summed E-state index contributed by atoms with van der Waals surface area (Å²) in [5, 5.41) is 0. The van der Waals surface area contributed by atoms with Crippen molar-refractivity contribution in [1.82, 2.24) is 9.88 Å². The fraction of sp³-hybridized carbons (Fsp3) is 0.333. The van der Waals surface area contributed by atoms with E-state index in [4.69, 9.17) is 19.8 Å². The van der Waals surface area contributed by atoms with Crippen LogP contribution in [-0.2, 0) is 26.1 Å². The van der Waals surface area contributed by atoms with Crippen LogP contribution in [-0.4, -0.2) is 74.5 Å². The Hall–Kier alpha value is -3.31. The molecule has 0 radical (unpaired) electrons. The van der Waals surface area contributed by atoms with Crippen molar-refractivity contribution in [3.05, 3.63) is 84.2 Å². The van der Waals surface area contributed by atoms with Gasteiger partial charge in [0, 0.05) is 31.4 Å². The lowest BCUT2D eigenvalue weighted by Crippen LogP contribution is -2.38. The van der Waals surface area contributed by atoms with Gasteiger partial charge in [-0.15, -0.1) is 0 Å². The second kappa shape index (κ2) is 13.8. The molecule has 4 rings (SSSR count). The van der Waals surface area contributed by atoms with Crippen LogP contribution < -0.4 is 10.5 Å². The number of aromatic nitrogens is 1. The number of hydrogen-bond donors (Lipinski definition) is 2. The van der Waals surface area contributed by atoms with E-state index in [-0.39, 0.29) is 5.91 Å². The second-order valence-electron chi connectivity index (χ2n) is 8.68. The summed E-state index contributed by atoms with van der Waals surface area (Å²) in [4.78, 5) is 18.9. The largest absolute Gasteiger partial charge is 0.492 e. The lowest BCUT2D eigenvalue weighted by Gasteiger charge is -2.26. The van der Waals surface area contributed by atoms with Crippen LogP contribution in [0.2, 0.25) is 0 Å². The number of ether oxygens (including phenoxy) is 2.